The van der Waals surface area contributed by atoms with Crippen molar-refractivity contribution in [1.82, 2.24) is 9.88 Å². The molecule has 1 aromatic heterocycles. The van der Waals surface area contributed by atoms with E-state index in [-0.39, 0.29) is 5.60 Å². The summed E-state index contributed by atoms with van der Waals surface area (Å²) in [4.78, 5) is 6.68. The second-order valence-electron chi connectivity index (χ2n) is 7.82. The summed E-state index contributed by atoms with van der Waals surface area (Å²) in [7, 11) is 0. The Morgan fingerprint density at radius 1 is 1.20 bits per heavy atom. The number of aromatic nitrogens is 1. The van der Waals surface area contributed by atoms with E-state index in [2.05, 4.69) is 16.0 Å². The minimum Gasteiger partial charge on any atom is -0.381 e. The fourth-order valence-corrected chi connectivity index (χ4v) is 4.50. The Balaban J connectivity index is 1.18. The summed E-state index contributed by atoms with van der Waals surface area (Å²) in [6.45, 7) is 7.56. The third kappa shape index (κ3) is 4.22. The summed E-state index contributed by atoms with van der Waals surface area (Å²) in [5, 5.41) is 0. The van der Waals surface area contributed by atoms with Crippen molar-refractivity contribution in [3.8, 4) is 0 Å². The van der Waals surface area contributed by atoms with Gasteiger partial charge in [0.15, 0.2) is 0 Å². The second kappa shape index (κ2) is 8.12. The predicted molar refractivity (Wildman–Crippen MR) is 95.3 cm³/mol. The van der Waals surface area contributed by atoms with Crippen molar-refractivity contribution in [2.75, 3.05) is 46.1 Å². The van der Waals surface area contributed by atoms with Crippen LogP contribution in [0.25, 0.3) is 0 Å². The highest BCUT2D eigenvalue weighted by Gasteiger charge is 2.52. The van der Waals surface area contributed by atoms with Gasteiger partial charge in [-0.05, 0) is 49.1 Å². The average Bonchev–Trinajstić information content (AvgIpc) is 3.04. The molecular weight excluding hydrogens is 316 g/mol. The molecule has 3 fully saturated rings. The van der Waals surface area contributed by atoms with Gasteiger partial charge in [-0.15, -0.1) is 0 Å². The Morgan fingerprint density at radius 3 is 2.88 bits per heavy atom. The highest BCUT2D eigenvalue weighted by atomic mass is 16.5. The number of hydrogen-bond acceptors (Lipinski definition) is 5. The Hall–Kier alpha value is -1.01. The number of rotatable bonds is 7. The molecular formula is C20H30N2O3. The maximum atomic E-state index is 6.17. The van der Waals surface area contributed by atoms with Gasteiger partial charge in [0.05, 0.1) is 5.60 Å². The van der Waals surface area contributed by atoms with E-state index < -0.39 is 0 Å². The molecule has 1 atom stereocenters. The first kappa shape index (κ1) is 17.4. The van der Waals surface area contributed by atoms with Crippen LogP contribution in [-0.4, -0.2) is 61.6 Å². The molecule has 0 saturated carbocycles. The van der Waals surface area contributed by atoms with E-state index in [1.807, 2.05) is 18.5 Å². The van der Waals surface area contributed by atoms with Crippen LogP contribution in [0.5, 0.6) is 0 Å². The van der Waals surface area contributed by atoms with Crippen molar-refractivity contribution in [1.29, 1.82) is 0 Å². The molecule has 4 rings (SSSR count). The summed E-state index contributed by atoms with van der Waals surface area (Å²) in [6.07, 6.45) is 8.41. The first-order chi connectivity index (χ1) is 12.3. The molecule has 5 heteroatoms. The van der Waals surface area contributed by atoms with Gasteiger partial charge in [-0.1, -0.05) is 6.07 Å². The van der Waals surface area contributed by atoms with Crippen LogP contribution in [0, 0.1) is 11.8 Å². The number of ether oxygens (including phenoxy) is 3. The van der Waals surface area contributed by atoms with Crippen LogP contribution in [-0.2, 0) is 20.8 Å². The minimum atomic E-state index is 0.0875. The van der Waals surface area contributed by atoms with Crippen LogP contribution >= 0.6 is 0 Å². The van der Waals surface area contributed by atoms with Crippen molar-refractivity contribution in [3.63, 3.8) is 0 Å². The fourth-order valence-electron chi connectivity index (χ4n) is 4.50. The molecule has 1 spiro atoms. The predicted octanol–water partition coefficient (Wildman–Crippen LogP) is 2.51. The molecule has 0 unspecified atom stereocenters. The Bertz CT molecular complexity index is 527. The zero-order valence-corrected chi connectivity index (χ0v) is 15.1. The quantitative estimate of drug-likeness (QED) is 0.710. The van der Waals surface area contributed by atoms with Crippen LogP contribution in [0.2, 0.25) is 0 Å². The molecule has 5 nitrogen and oxygen atoms in total. The van der Waals surface area contributed by atoms with Gasteiger partial charge in [-0.2, -0.15) is 0 Å². The van der Waals surface area contributed by atoms with E-state index in [4.69, 9.17) is 14.2 Å². The van der Waals surface area contributed by atoms with Crippen LogP contribution in [0.1, 0.15) is 31.2 Å². The summed E-state index contributed by atoms with van der Waals surface area (Å²) < 4.78 is 17.6. The molecule has 0 bridgehead atoms. The van der Waals surface area contributed by atoms with E-state index in [1.165, 1.54) is 12.0 Å². The molecule has 0 N–H and O–H groups in total. The standard InChI is InChI=1S/C20H30N2O3/c1-2-18(12-21-7-1)13-22-15-20(16-22)19(6-11-25-20)5-10-24-14-17-3-8-23-9-4-17/h1-2,7,12,17,19H,3-6,8-11,13-16H2/t19-/m1/s1. The van der Waals surface area contributed by atoms with Crippen molar-refractivity contribution in [2.45, 2.75) is 37.8 Å². The van der Waals surface area contributed by atoms with Gasteiger partial charge < -0.3 is 14.2 Å². The van der Waals surface area contributed by atoms with E-state index in [0.717, 1.165) is 71.9 Å². The van der Waals surface area contributed by atoms with E-state index in [9.17, 15) is 0 Å². The average molecular weight is 346 g/mol. The van der Waals surface area contributed by atoms with Crippen LogP contribution in [0.15, 0.2) is 24.5 Å². The number of hydrogen-bond donors (Lipinski definition) is 0. The molecule has 1 aromatic rings. The monoisotopic (exact) mass is 346 g/mol. The summed E-state index contributed by atoms with van der Waals surface area (Å²) in [5.41, 5.74) is 1.37. The lowest BCUT2D eigenvalue weighted by Gasteiger charge is -2.50. The lowest BCUT2D eigenvalue weighted by atomic mass is 9.79. The Labute approximate surface area is 150 Å². The fraction of sp³-hybridized carbons (Fsp3) is 0.750. The van der Waals surface area contributed by atoms with Gasteiger partial charge in [-0.3, -0.25) is 9.88 Å². The molecule has 25 heavy (non-hydrogen) atoms. The first-order valence-electron chi connectivity index (χ1n) is 9.75. The molecule has 0 radical (unpaired) electrons. The smallest absolute Gasteiger partial charge is 0.0964 e. The number of likely N-dealkylation sites (tertiary alicyclic amines) is 1. The lowest BCUT2D eigenvalue weighted by molar-refractivity contribution is -0.139. The Kier molecular flexibility index (Phi) is 5.66. The van der Waals surface area contributed by atoms with E-state index >= 15 is 0 Å². The maximum Gasteiger partial charge on any atom is 0.0964 e. The number of nitrogens with zero attached hydrogens (tertiary/aromatic N) is 2. The largest absolute Gasteiger partial charge is 0.381 e. The summed E-state index contributed by atoms with van der Waals surface area (Å²) in [5.74, 6) is 1.34. The first-order valence-corrected chi connectivity index (χ1v) is 9.75. The normalized spacial score (nSPS) is 26.8. The van der Waals surface area contributed by atoms with Gasteiger partial charge in [0.2, 0.25) is 0 Å². The Morgan fingerprint density at radius 2 is 2.08 bits per heavy atom. The summed E-state index contributed by atoms with van der Waals surface area (Å²) >= 11 is 0. The number of pyridine rings is 1. The zero-order valence-electron chi connectivity index (χ0n) is 15.1. The van der Waals surface area contributed by atoms with Gasteiger partial charge in [0.25, 0.3) is 0 Å². The van der Waals surface area contributed by atoms with Crippen molar-refractivity contribution in [2.24, 2.45) is 11.8 Å². The van der Waals surface area contributed by atoms with Crippen molar-refractivity contribution < 1.29 is 14.2 Å². The highest BCUT2D eigenvalue weighted by Crippen LogP contribution is 2.42. The molecule has 4 heterocycles. The van der Waals surface area contributed by atoms with Gasteiger partial charge in [0, 0.05) is 65.1 Å². The van der Waals surface area contributed by atoms with Crippen LogP contribution in [0.3, 0.4) is 0 Å². The third-order valence-electron chi connectivity index (χ3n) is 6.02. The topological polar surface area (TPSA) is 43.8 Å². The molecule has 3 aliphatic rings. The molecule has 0 aliphatic carbocycles. The highest BCUT2D eigenvalue weighted by molar-refractivity contribution is 5.12. The molecule has 0 aromatic carbocycles. The molecule has 3 saturated heterocycles. The van der Waals surface area contributed by atoms with Gasteiger partial charge in [0.1, 0.15) is 0 Å². The third-order valence-corrected chi connectivity index (χ3v) is 6.02. The van der Waals surface area contributed by atoms with Crippen molar-refractivity contribution >= 4 is 0 Å². The summed E-state index contributed by atoms with van der Waals surface area (Å²) in [6, 6.07) is 4.16. The van der Waals surface area contributed by atoms with Crippen molar-refractivity contribution in [3.05, 3.63) is 30.1 Å². The minimum absolute atomic E-state index is 0.0875. The van der Waals surface area contributed by atoms with Gasteiger partial charge >= 0.3 is 0 Å². The SMILES string of the molecule is c1cncc(CN2CC3(C2)OCC[C@H]3CCOCC2CCOCC2)c1. The molecule has 0 amide bonds. The van der Waals surface area contributed by atoms with E-state index in [0.29, 0.717) is 11.8 Å². The van der Waals surface area contributed by atoms with Gasteiger partial charge in [-0.25, -0.2) is 0 Å². The van der Waals surface area contributed by atoms with Crippen LogP contribution in [0.4, 0.5) is 0 Å². The molecule has 138 valence electrons. The van der Waals surface area contributed by atoms with E-state index in [1.54, 1.807) is 0 Å². The van der Waals surface area contributed by atoms with Crippen LogP contribution < -0.4 is 0 Å². The zero-order chi connectivity index (χ0) is 17.0. The lowest BCUT2D eigenvalue weighted by Crippen LogP contribution is -2.64. The second-order valence-corrected chi connectivity index (χ2v) is 7.82. The maximum absolute atomic E-state index is 6.17. The molecule has 3 aliphatic heterocycles.